The van der Waals surface area contributed by atoms with Gasteiger partial charge in [0.05, 0.1) is 11.8 Å². The summed E-state index contributed by atoms with van der Waals surface area (Å²) in [6.45, 7) is 4.86. The lowest BCUT2D eigenvalue weighted by atomic mass is 10.1. The molecule has 4 heteroatoms. The van der Waals surface area contributed by atoms with Crippen molar-refractivity contribution in [2.45, 2.75) is 39.3 Å². The van der Waals surface area contributed by atoms with Crippen molar-refractivity contribution in [3.05, 3.63) is 47.5 Å². The molecule has 0 amide bonds. The van der Waals surface area contributed by atoms with Crippen LogP contribution in [0.2, 0.25) is 0 Å². The molecule has 0 saturated carbocycles. The number of nitrogens with zero attached hydrogens (tertiary/aromatic N) is 3. The van der Waals surface area contributed by atoms with Crippen molar-refractivity contribution in [3.8, 4) is 0 Å². The van der Waals surface area contributed by atoms with Gasteiger partial charge < -0.3 is 5.11 Å². The molecule has 2 aromatic rings. The standard InChI is InChI=1S/C14H19N3O/c1-3-17-13(8-11(2)16-17)10-14(18)9-12-6-4-5-7-15-12/h4-8,14,18H,3,9-10H2,1-2H3. The minimum absolute atomic E-state index is 0.415. The summed E-state index contributed by atoms with van der Waals surface area (Å²) in [5, 5.41) is 14.5. The molecular formula is C14H19N3O. The Morgan fingerprint density at radius 1 is 1.33 bits per heavy atom. The molecular weight excluding hydrogens is 226 g/mol. The number of aryl methyl sites for hydroxylation is 2. The second kappa shape index (κ2) is 5.78. The fraction of sp³-hybridized carbons (Fsp3) is 0.429. The molecule has 0 aromatic carbocycles. The largest absolute Gasteiger partial charge is 0.392 e. The lowest BCUT2D eigenvalue weighted by molar-refractivity contribution is 0.171. The fourth-order valence-electron chi connectivity index (χ4n) is 2.11. The highest BCUT2D eigenvalue weighted by molar-refractivity contribution is 5.11. The van der Waals surface area contributed by atoms with Crippen LogP contribution >= 0.6 is 0 Å². The van der Waals surface area contributed by atoms with Crippen molar-refractivity contribution in [3.63, 3.8) is 0 Å². The van der Waals surface area contributed by atoms with Crippen LogP contribution in [0.5, 0.6) is 0 Å². The van der Waals surface area contributed by atoms with Gasteiger partial charge in [0.25, 0.3) is 0 Å². The second-order valence-electron chi connectivity index (χ2n) is 4.48. The normalized spacial score (nSPS) is 12.6. The van der Waals surface area contributed by atoms with Gasteiger partial charge in [-0.2, -0.15) is 5.10 Å². The molecule has 96 valence electrons. The molecule has 0 fully saturated rings. The van der Waals surface area contributed by atoms with E-state index in [2.05, 4.69) is 17.0 Å². The Morgan fingerprint density at radius 2 is 2.17 bits per heavy atom. The first-order valence-corrected chi connectivity index (χ1v) is 6.30. The number of hydrogen-bond acceptors (Lipinski definition) is 3. The van der Waals surface area contributed by atoms with E-state index in [1.807, 2.05) is 35.9 Å². The van der Waals surface area contributed by atoms with E-state index in [9.17, 15) is 5.11 Å². The lowest BCUT2D eigenvalue weighted by Crippen LogP contribution is -2.17. The molecule has 0 radical (unpaired) electrons. The first-order chi connectivity index (χ1) is 8.69. The summed E-state index contributed by atoms with van der Waals surface area (Å²) < 4.78 is 1.94. The first kappa shape index (κ1) is 12.8. The SMILES string of the molecule is CCn1nc(C)cc1CC(O)Cc1ccccn1. The Balaban J connectivity index is 2.00. The molecule has 0 bridgehead atoms. The Kier molecular flexibility index (Phi) is 4.10. The van der Waals surface area contributed by atoms with Gasteiger partial charge in [-0.05, 0) is 32.0 Å². The maximum atomic E-state index is 10.1. The maximum absolute atomic E-state index is 10.1. The zero-order chi connectivity index (χ0) is 13.0. The van der Waals surface area contributed by atoms with Crippen molar-refractivity contribution >= 4 is 0 Å². The van der Waals surface area contributed by atoms with E-state index < -0.39 is 6.10 Å². The van der Waals surface area contributed by atoms with Crippen molar-refractivity contribution in [1.29, 1.82) is 0 Å². The van der Waals surface area contributed by atoms with Crippen LogP contribution in [-0.2, 0) is 19.4 Å². The molecule has 0 spiro atoms. The average Bonchev–Trinajstić information content (AvgIpc) is 2.70. The lowest BCUT2D eigenvalue weighted by Gasteiger charge is -2.11. The third kappa shape index (κ3) is 3.17. The van der Waals surface area contributed by atoms with Crippen LogP contribution in [0.3, 0.4) is 0 Å². The van der Waals surface area contributed by atoms with Crippen LogP contribution < -0.4 is 0 Å². The van der Waals surface area contributed by atoms with Crippen molar-refractivity contribution in [1.82, 2.24) is 14.8 Å². The fourth-order valence-corrected chi connectivity index (χ4v) is 2.11. The van der Waals surface area contributed by atoms with Gasteiger partial charge in [0.15, 0.2) is 0 Å². The van der Waals surface area contributed by atoms with E-state index in [1.165, 1.54) is 0 Å². The van der Waals surface area contributed by atoms with Crippen LogP contribution in [0.15, 0.2) is 30.5 Å². The molecule has 2 heterocycles. The van der Waals surface area contributed by atoms with Crippen LogP contribution in [-0.4, -0.2) is 26.0 Å². The van der Waals surface area contributed by atoms with Gasteiger partial charge >= 0.3 is 0 Å². The van der Waals surface area contributed by atoms with Crippen LogP contribution in [0.1, 0.15) is 24.0 Å². The topological polar surface area (TPSA) is 50.9 Å². The third-order valence-corrected chi connectivity index (χ3v) is 2.90. The number of aliphatic hydroxyl groups is 1. The quantitative estimate of drug-likeness (QED) is 0.873. The van der Waals surface area contributed by atoms with Crippen LogP contribution in [0.4, 0.5) is 0 Å². The highest BCUT2D eigenvalue weighted by atomic mass is 16.3. The summed E-state index contributed by atoms with van der Waals surface area (Å²) in [6, 6.07) is 7.79. The highest BCUT2D eigenvalue weighted by Crippen LogP contribution is 2.09. The summed E-state index contributed by atoms with van der Waals surface area (Å²) in [7, 11) is 0. The van der Waals surface area contributed by atoms with Gasteiger partial charge in [-0.3, -0.25) is 9.67 Å². The van der Waals surface area contributed by atoms with Gasteiger partial charge in [-0.25, -0.2) is 0 Å². The van der Waals surface area contributed by atoms with Crippen molar-refractivity contribution < 1.29 is 5.11 Å². The molecule has 0 aliphatic heterocycles. The smallest absolute Gasteiger partial charge is 0.0650 e. The number of pyridine rings is 1. The predicted molar refractivity (Wildman–Crippen MR) is 70.3 cm³/mol. The zero-order valence-electron chi connectivity index (χ0n) is 10.9. The predicted octanol–water partition coefficient (Wildman–Crippen LogP) is 1.75. The highest BCUT2D eigenvalue weighted by Gasteiger charge is 2.11. The summed E-state index contributed by atoms with van der Waals surface area (Å²) in [5.74, 6) is 0. The molecule has 1 N–H and O–H groups in total. The minimum Gasteiger partial charge on any atom is -0.392 e. The molecule has 2 rings (SSSR count). The third-order valence-electron chi connectivity index (χ3n) is 2.90. The molecule has 4 nitrogen and oxygen atoms in total. The average molecular weight is 245 g/mol. The van der Waals surface area contributed by atoms with E-state index in [4.69, 9.17) is 0 Å². The molecule has 1 unspecified atom stereocenters. The van der Waals surface area contributed by atoms with Gasteiger partial charge in [-0.15, -0.1) is 0 Å². The minimum atomic E-state index is -0.415. The second-order valence-corrected chi connectivity index (χ2v) is 4.48. The van der Waals surface area contributed by atoms with Gasteiger partial charge in [0, 0.05) is 37.0 Å². The van der Waals surface area contributed by atoms with Gasteiger partial charge in [0.1, 0.15) is 0 Å². The first-order valence-electron chi connectivity index (χ1n) is 6.30. The summed E-state index contributed by atoms with van der Waals surface area (Å²) in [6.07, 6.45) is 2.53. The summed E-state index contributed by atoms with van der Waals surface area (Å²) in [5.41, 5.74) is 3.00. The summed E-state index contributed by atoms with van der Waals surface area (Å²) >= 11 is 0. The number of hydrogen-bond donors (Lipinski definition) is 1. The van der Waals surface area contributed by atoms with E-state index in [-0.39, 0.29) is 0 Å². The monoisotopic (exact) mass is 245 g/mol. The summed E-state index contributed by atoms with van der Waals surface area (Å²) in [4.78, 5) is 4.23. The van der Waals surface area contributed by atoms with Crippen LogP contribution in [0.25, 0.3) is 0 Å². The number of rotatable bonds is 5. The Morgan fingerprint density at radius 3 is 2.83 bits per heavy atom. The van der Waals surface area contributed by atoms with Crippen molar-refractivity contribution in [2.24, 2.45) is 0 Å². The number of aliphatic hydroxyl groups excluding tert-OH is 1. The zero-order valence-corrected chi connectivity index (χ0v) is 10.9. The van der Waals surface area contributed by atoms with Gasteiger partial charge in [0.2, 0.25) is 0 Å². The Hall–Kier alpha value is -1.68. The van der Waals surface area contributed by atoms with E-state index >= 15 is 0 Å². The van der Waals surface area contributed by atoms with Crippen molar-refractivity contribution in [2.75, 3.05) is 0 Å². The van der Waals surface area contributed by atoms with Gasteiger partial charge in [-0.1, -0.05) is 6.07 Å². The molecule has 18 heavy (non-hydrogen) atoms. The Bertz CT molecular complexity index is 493. The molecule has 0 aliphatic rings. The van der Waals surface area contributed by atoms with E-state index in [1.54, 1.807) is 6.20 Å². The number of aromatic nitrogens is 3. The van der Waals surface area contributed by atoms with Crippen LogP contribution in [0, 0.1) is 6.92 Å². The molecule has 2 aromatic heterocycles. The molecule has 0 saturated heterocycles. The van der Waals surface area contributed by atoms with E-state index in [0.29, 0.717) is 12.8 Å². The maximum Gasteiger partial charge on any atom is 0.0650 e. The Labute approximate surface area is 107 Å². The molecule has 1 atom stereocenters. The van der Waals surface area contributed by atoms with E-state index in [0.717, 1.165) is 23.6 Å². The molecule has 0 aliphatic carbocycles.